The number of nitrogens with zero attached hydrogens (tertiary/aromatic N) is 3. The molecule has 2 fully saturated rings. The van der Waals surface area contributed by atoms with E-state index in [1.807, 2.05) is 4.90 Å². The number of anilines is 2. The fourth-order valence-electron chi connectivity index (χ4n) is 5.12. The van der Waals surface area contributed by atoms with Crippen molar-refractivity contribution in [3.05, 3.63) is 65.9 Å². The number of piperidine rings is 1. The van der Waals surface area contributed by atoms with E-state index < -0.39 is 33.1 Å². The number of carboxylic acids is 1. The summed E-state index contributed by atoms with van der Waals surface area (Å²) in [6.07, 6.45) is 0.151. The number of benzene rings is 1. The molecule has 0 unspecified atom stereocenters. The van der Waals surface area contributed by atoms with E-state index >= 15 is 0 Å². The number of aromatic nitrogens is 2. The lowest BCUT2D eigenvalue weighted by Crippen LogP contribution is -2.43. The van der Waals surface area contributed by atoms with Crippen LogP contribution in [0.2, 0.25) is 0 Å². The maximum atomic E-state index is 14.0. The van der Waals surface area contributed by atoms with E-state index in [-0.39, 0.29) is 22.3 Å². The zero-order valence-electron chi connectivity index (χ0n) is 21.8. The number of halogens is 3. The number of hydrogen-bond donors (Lipinski definition) is 2. The Balaban J connectivity index is 1.44. The Labute approximate surface area is 230 Å². The summed E-state index contributed by atoms with van der Waals surface area (Å²) in [6, 6.07) is 11.3. The fraction of sp³-hybridized carbons (Fsp3) is 0.393. The first-order valence-electron chi connectivity index (χ1n) is 13.0. The van der Waals surface area contributed by atoms with Gasteiger partial charge in [0.1, 0.15) is 11.6 Å². The number of carbonyl (C=O) groups is 1. The Bertz CT molecular complexity index is 1530. The van der Waals surface area contributed by atoms with Gasteiger partial charge in [-0.1, -0.05) is 30.7 Å². The molecule has 5 rings (SSSR count). The minimum atomic E-state index is -4.68. The summed E-state index contributed by atoms with van der Waals surface area (Å²) in [5.41, 5.74) is -1.01. The van der Waals surface area contributed by atoms with E-state index in [1.165, 1.54) is 18.3 Å². The third-order valence-electron chi connectivity index (χ3n) is 7.94. The maximum Gasteiger partial charge on any atom is 0.418 e. The van der Waals surface area contributed by atoms with Crippen LogP contribution in [0.25, 0.3) is 11.3 Å². The van der Waals surface area contributed by atoms with Crippen LogP contribution in [0.5, 0.6) is 0 Å². The Morgan fingerprint density at radius 1 is 1.10 bits per heavy atom. The highest BCUT2D eigenvalue weighted by Crippen LogP contribution is 2.44. The van der Waals surface area contributed by atoms with Crippen LogP contribution < -0.4 is 9.62 Å². The predicted molar refractivity (Wildman–Crippen MR) is 144 cm³/mol. The standard InChI is InChI=1S/C28H29F3N4O4S/c1-27(26(36)37)12-15-35(16-13-27)24-17-19(11-14-32-24)40(38,39)34-23-10-9-22(28(29,30)31)25(33-23)21-8-3-2-7-20(21)18-5-4-6-18/h2-3,7-11,14,17-18H,4-6,12-13,15-16H2,1H3,(H,33,34)(H,36,37). The summed E-state index contributed by atoms with van der Waals surface area (Å²) in [5.74, 6) is -0.608. The SMILES string of the molecule is CC1(C(=O)O)CCN(c2cc(S(=O)(=O)Nc3ccc(C(F)(F)F)c(-c4ccccc4C4CCC4)n3)ccn2)CC1. The minimum absolute atomic E-state index is 0.137. The van der Waals surface area contributed by atoms with Crippen LogP contribution in [0.15, 0.2) is 59.6 Å². The zero-order chi connectivity index (χ0) is 28.7. The van der Waals surface area contributed by atoms with Crippen LogP contribution in [0, 0.1) is 5.41 Å². The molecule has 0 bridgehead atoms. The normalized spacial score (nSPS) is 17.8. The average Bonchev–Trinajstić information content (AvgIpc) is 2.87. The van der Waals surface area contributed by atoms with E-state index in [4.69, 9.17) is 0 Å². The van der Waals surface area contributed by atoms with Crippen LogP contribution in [0.4, 0.5) is 24.8 Å². The number of carboxylic acid groups (broad SMARTS) is 1. The molecule has 1 saturated carbocycles. The summed E-state index contributed by atoms with van der Waals surface area (Å²) in [7, 11) is -4.23. The molecule has 0 spiro atoms. The molecule has 1 aliphatic carbocycles. The summed E-state index contributed by atoms with van der Waals surface area (Å²) in [4.78, 5) is 21.7. The summed E-state index contributed by atoms with van der Waals surface area (Å²) in [5, 5.41) is 9.47. The number of alkyl halides is 3. The number of rotatable bonds is 7. The third-order valence-corrected chi connectivity index (χ3v) is 9.29. The predicted octanol–water partition coefficient (Wildman–Crippen LogP) is 5.92. The number of aliphatic carboxylic acids is 1. The second-order valence-electron chi connectivity index (χ2n) is 10.6. The van der Waals surface area contributed by atoms with E-state index in [1.54, 1.807) is 31.2 Å². The van der Waals surface area contributed by atoms with Gasteiger partial charge in [0.2, 0.25) is 0 Å². The molecule has 1 aliphatic heterocycles. The van der Waals surface area contributed by atoms with Gasteiger partial charge in [0.25, 0.3) is 10.0 Å². The van der Waals surface area contributed by atoms with Crippen LogP contribution in [-0.4, -0.2) is 42.6 Å². The van der Waals surface area contributed by atoms with Crippen molar-refractivity contribution in [1.82, 2.24) is 9.97 Å². The Kier molecular flexibility index (Phi) is 7.24. The lowest BCUT2D eigenvalue weighted by molar-refractivity contribution is -0.149. The van der Waals surface area contributed by atoms with Gasteiger partial charge in [-0.25, -0.2) is 18.4 Å². The molecule has 3 heterocycles. The van der Waals surface area contributed by atoms with Crippen LogP contribution in [0.1, 0.15) is 56.1 Å². The topological polar surface area (TPSA) is 112 Å². The van der Waals surface area contributed by atoms with Gasteiger partial charge in [-0.15, -0.1) is 0 Å². The Morgan fingerprint density at radius 3 is 2.42 bits per heavy atom. The second-order valence-corrected chi connectivity index (χ2v) is 12.3. The van der Waals surface area contributed by atoms with Crippen molar-refractivity contribution >= 4 is 27.6 Å². The Morgan fingerprint density at radius 2 is 1.80 bits per heavy atom. The van der Waals surface area contributed by atoms with Crippen molar-refractivity contribution in [3.63, 3.8) is 0 Å². The van der Waals surface area contributed by atoms with Crippen molar-refractivity contribution in [3.8, 4) is 11.3 Å². The van der Waals surface area contributed by atoms with E-state index in [9.17, 15) is 31.5 Å². The largest absolute Gasteiger partial charge is 0.481 e. The molecule has 12 heteroatoms. The molecule has 2 N–H and O–H groups in total. The summed E-state index contributed by atoms with van der Waals surface area (Å²) >= 11 is 0. The summed E-state index contributed by atoms with van der Waals surface area (Å²) < 4.78 is 70.9. The monoisotopic (exact) mass is 574 g/mol. The molecule has 0 amide bonds. The first-order chi connectivity index (χ1) is 18.9. The lowest BCUT2D eigenvalue weighted by Gasteiger charge is -2.37. The average molecular weight is 575 g/mol. The molecule has 1 aromatic carbocycles. The van der Waals surface area contributed by atoms with E-state index in [0.717, 1.165) is 37.0 Å². The van der Waals surface area contributed by atoms with Crippen molar-refractivity contribution in [2.45, 2.75) is 56.0 Å². The van der Waals surface area contributed by atoms with Gasteiger partial charge >= 0.3 is 12.1 Å². The van der Waals surface area contributed by atoms with Crippen molar-refractivity contribution < 1.29 is 31.5 Å². The maximum absolute atomic E-state index is 14.0. The minimum Gasteiger partial charge on any atom is -0.481 e. The van der Waals surface area contributed by atoms with E-state index in [2.05, 4.69) is 14.7 Å². The lowest BCUT2D eigenvalue weighted by atomic mass is 9.77. The van der Waals surface area contributed by atoms with Gasteiger partial charge in [-0.05, 0) is 62.3 Å². The number of nitrogens with one attached hydrogen (secondary N) is 1. The number of hydrogen-bond acceptors (Lipinski definition) is 6. The zero-order valence-corrected chi connectivity index (χ0v) is 22.6. The molecule has 2 aliphatic rings. The molecule has 1 saturated heterocycles. The highest BCUT2D eigenvalue weighted by Gasteiger charge is 2.38. The van der Waals surface area contributed by atoms with Gasteiger partial charge in [-0.2, -0.15) is 13.2 Å². The summed E-state index contributed by atoms with van der Waals surface area (Å²) in [6.45, 7) is 2.45. The molecule has 0 atom stereocenters. The van der Waals surface area contributed by atoms with Crippen LogP contribution in [0.3, 0.4) is 0 Å². The molecule has 8 nitrogen and oxygen atoms in total. The first kappa shape index (κ1) is 27.9. The number of sulfonamides is 1. The first-order valence-corrected chi connectivity index (χ1v) is 14.5. The third kappa shape index (κ3) is 5.49. The molecule has 3 aromatic rings. The van der Waals surface area contributed by atoms with Crippen LogP contribution >= 0.6 is 0 Å². The van der Waals surface area contributed by atoms with Gasteiger partial charge in [0.05, 0.1) is 21.6 Å². The van der Waals surface area contributed by atoms with Crippen molar-refractivity contribution in [2.24, 2.45) is 5.41 Å². The molecular formula is C28H29F3N4O4S. The highest BCUT2D eigenvalue weighted by molar-refractivity contribution is 7.92. The number of pyridine rings is 2. The van der Waals surface area contributed by atoms with E-state index in [0.29, 0.717) is 37.3 Å². The molecule has 2 aromatic heterocycles. The highest BCUT2D eigenvalue weighted by atomic mass is 32.2. The second kappa shape index (κ2) is 10.4. The molecule has 0 radical (unpaired) electrons. The van der Waals surface area contributed by atoms with Gasteiger partial charge in [0, 0.05) is 30.9 Å². The molecular weight excluding hydrogens is 545 g/mol. The van der Waals surface area contributed by atoms with Crippen molar-refractivity contribution in [1.29, 1.82) is 0 Å². The fourth-order valence-corrected chi connectivity index (χ4v) is 6.12. The van der Waals surface area contributed by atoms with Gasteiger partial charge in [0.15, 0.2) is 0 Å². The van der Waals surface area contributed by atoms with Crippen molar-refractivity contribution in [2.75, 3.05) is 22.7 Å². The van der Waals surface area contributed by atoms with Gasteiger partial charge < -0.3 is 10.0 Å². The molecule has 212 valence electrons. The molecule has 40 heavy (non-hydrogen) atoms. The van der Waals surface area contributed by atoms with Gasteiger partial charge in [-0.3, -0.25) is 9.52 Å². The quantitative estimate of drug-likeness (QED) is 0.360. The Hall–Kier alpha value is -3.67. The van der Waals surface area contributed by atoms with Crippen LogP contribution in [-0.2, 0) is 21.0 Å². The smallest absolute Gasteiger partial charge is 0.418 e.